The molecule has 78 valence electrons. The molecule has 1 aromatic rings. The molecule has 1 aromatic carbocycles. The van der Waals surface area contributed by atoms with E-state index in [0.29, 0.717) is 11.3 Å². The Morgan fingerprint density at radius 3 is 3.00 bits per heavy atom. The van der Waals surface area contributed by atoms with Gasteiger partial charge in [0.05, 0.1) is 6.61 Å². The van der Waals surface area contributed by atoms with E-state index in [2.05, 4.69) is 0 Å². The first-order valence-electron chi connectivity index (χ1n) is 4.75. The van der Waals surface area contributed by atoms with Gasteiger partial charge in [0.25, 0.3) is 0 Å². The van der Waals surface area contributed by atoms with Crippen LogP contribution in [0.5, 0.6) is 5.75 Å². The largest absolute Gasteiger partial charge is 0.480 e. The van der Waals surface area contributed by atoms with E-state index >= 15 is 0 Å². The number of aldehydes is 1. The van der Waals surface area contributed by atoms with E-state index in [0.717, 1.165) is 11.8 Å². The van der Waals surface area contributed by atoms with Crippen LogP contribution in [0.25, 0.3) is 6.08 Å². The van der Waals surface area contributed by atoms with Crippen LogP contribution < -0.4 is 4.74 Å². The Hall–Kier alpha value is -1.61. The first-order valence-corrected chi connectivity index (χ1v) is 4.75. The summed E-state index contributed by atoms with van der Waals surface area (Å²) in [5.41, 5.74) is 0.829. The molecule has 1 aliphatic rings. The van der Waals surface area contributed by atoms with Gasteiger partial charge < -0.3 is 9.84 Å². The number of fused-ring (bicyclic) bond motifs is 1. The lowest BCUT2D eigenvalue weighted by molar-refractivity contribution is 0.0641. The van der Waals surface area contributed by atoms with Gasteiger partial charge in [-0.15, -0.1) is 0 Å². The third-order valence-corrected chi connectivity index (χ3v) is 2.44. The number of aliphatic hydroxyl groups is 1. The minimum atomic E-state index is -0.657. The van der Waals surface area contributed by atoms with Crippen LogP contribution in [0.3, 0.4) is 0 Å². The molecule has 0 saturated heterocycles. The van der Waals surface area contributed by atoms with Crippen LogP contribution in [0, 0.1) is 0 Å². The lowest BCUT2D eigenvalue weighted by atomic mass is 10.00. The maximum atomic E-state index is 10.6. The Labute approximate surface area is 88.0 Å². The Bertz CT molecular complexity index is 423. The summed E-state index contributed by atoms with van der Waals surface area (Å²) in [5, 5.41) is 9.14. The van der Waals surface area contributed by atoms with Gasteiger partial charge in [0.2, 0.25) is 0 Å². The first kappa shape index (κ1) is 9.93. The van der Waals surface area contributed by atoms with E-state index < -0.39 is 5.60 Å². The molecule has 0 saturated carbocycles. The standard InChI is InChI=1S/C12H12O3/c1-12(8-14)5-4-10-6-9(7-13)2-3-11(10)15-12/h2-7,14H,8H2,1H3. The highest BCUT2D eigenvalue weighted by atomic mass is 16.5. The van der Waals surface area contributed by atoms with Gasteiger partial charge in [0.15, 0.2) is 0 Å². The quantitative estimate of drug-likeness (QED) is 0.745. The van der Waals surface area contributed by atoms with Crippen molar-refractivity contribution in [1.29, 1.82) is 0 Å². The highest BCUT2D eigenvalue weighted by Crippen LogP contribution is 2.30. The number of hydrogen-bond donors (Lipinski definition) is 1. The van der Waals surface area contributed by atoms with Gasteiger partial charge >= 0.3 is 0 Å². The highest BCUT2D eigenvalue weighted by Gasteiger charge is 2.26. The maximum absolute atomic E-state index is 10.6. The summed E-state index contributed by atoms with van der Waals surface area (Å²) in [6.45, 7) is 1.73. The molecule has 1 heterocycles. The van der Waals surface area contributed by atoms with Crippen molar-refractivity contribution in [1.82, 2.24) is 0 Å². The Morgan fingerprint density at radius 1 is 1.53 bits per heavy atom. The smallest absolute Gasteiger partial charge is 0.150 e. The number of ether oxygens (including phenoxy) is 1. The zero-order valence-electron chi connectivity index (χ0n) is 8.43. The van der Waals surface area contributed by atoms with Crippen LogP contribution in [0.1, 0.15) is 22.8 Å². The number of carbonyl (C=O) groups is 1. The lowest BCUT2D eigenvalue weighted by Crippen LogP contribution is -2.35. The normalized spacial score (nSPS) is 23.1. The molecule has 0 radical (unpaired) electrons. The minimum absolute atomic E-state index is 0.0711. The molecule has 0 bridgehead atoms. The lowest BCUT2D eigenvalue weighted by Gasteiger charge is -2.29. The fourth-order valence-corrected chi connectivity index (χ4v) is 1.50. The summed E-state index contributed by atoms with van der Waals surface area (Å²) in [6, 6.07) is 5.20. The van der Waals surface area contributed by atoms with Gasteiger partial charge in [-0.2, -0.15) is 0 Å². The van der Waals surface area contributed by atoms with E-state index in [-0.39, 0.29) is 6.61 Å². The summed E-state index contributed by atoms with van der Waals surface area (Å²) < 4.78 is 5.62. The second-order valence-corrected chi connectivity index (χ2v) is 3.82. The van der Waals surface area contributed by atoms with Crippen LogP contribution in [-0.2, 0) is 0 Å². The third kappa shape index (κ3) is 1.78. The predicted molar refractivity (Wildman–Crippen MR) is 57.0 cm³/mol. The molecule has 1 atom stereocenters. The van der Waals surface area contributed by atoms with Gasteiger partial charge in [0.1, 0.15) is 17.6 Å². The molecule has 1 N–H and O–H groups in total. The molecular weight excluding hydrogens is 192 g/mol. The van der Waals surface area contributed by atoms with Crippen molar-refractivity contribution in [3.63, 3.8) is 0 Å². The number of carbonyl (C=O) groups excluding carboxylic acids is 1. The Morgan fingerprint density at radius 2 is 2.33 bits per heavy atom. The summed E-state index contributed by atoms with van der Waals surface area (Å²) in [5.74, 6) is 0.694. The van der Waals surface area contributed by atoms with Crippen molar-refractivity contribution in [2.75, 3.05) is 6.61 Å². The van der Waals surface area contributed by atoms with Crippen molar-refractivity contribution in [3.8, 4) is 5.75 Å². The molecule has 0 fully saturated rings. The highest BCUT2D eigenvalue weighted by molar-refractivity contribution is 5.78. The van der Waals surface area contributed by atoms with E-state index in [9.17, 15) is 4.79 Å². The van der Waals surface area contributed by atoms with Gasteiger partial charge in [-0.3, -0.25) is 4.79 Å². The molecule has 0 spiro atoms. The van der Waals surface area contributed by atoms with Gasteiger partial charge in [-0.1, -0.05) is 6.08 Å². The summed E-state index contributed by atoms with van der Waals surface area (Å²) >= 11 is 0. The van der Waals surface area contributed by atoms with Crippen LogP contribution in [0.15, 0.2) is 24.3 Å². The zero-order chi connectivity index (χ0) is 10.9. The van der Waals surface area contributed by atoms with E-state index in [1.54, 1.807) is 31.2 Å². The molecule has 15 heavy (non-hydrogen) atoms. The summed E-state index contributed by atoms with van der Waals surface area (Å²) in [7, 11) is 0. The average Bonchev–Trinajstić information content (AvgIpc) is 2.28. The zero-order valence-corrected chi connectivity index (χ0v) is 8.43. The molecule has 3 heteroatoms. The first-order chi connectivity index (χ1) is 7.17. The predicted octanol–water partition coefficient (Wildman–Crippen LogP) is 1.66. The molecule has 3 nitrogen and oxygen atoms in total. The fraction of sp³-hybridized carbons (Fsp3) is 0.250. The molecular formula is C12H12O3. The molecule has 2 rings (SSSR count). The van der Waals surface area contributed by atoms with Crippen LogP contribution >= 0.6 is 0 Å². The summed E-state index contributed by atoms with van der Waals surface area (Å²) in [4.78, 5) is 10.6. The van der Waals surface area contributed by atoms with Crippen LogP contribution in [0.4, 0.5) is 0 Å². The Kier molecular flexibility index (Phi) is 2.32. The van der Waals surface area contributed by atoms with Crippen LogP contribution in [0.2, 0.25) is 0 Å². The molecule has 1 unspecified atom stereocenters. The second-order valence-electron chi connectivity index (χ2n) is 3.82. The van der Waals surface area contributed by atoms with Crippen molar-refractivity contribution >= 4 is 12.4 Å². The van der Waals surface area contributed by atoms with E-state index in [1.807, 2.05) is 6.08 Å². The van der Waals surface area contributed by atoms with Crippen molar-refractivity contribution in [2.24, 2.45) is 0 Å². The second kappa shape index (κ2) is 3.51. The summed E-state index contributed by atoms with van der Waals surface area (Å²) in [6.07, 6.45) is 4.46. The van der Waals surface area contributed by atoms with Crippen LogP contribution in [-0.4, -0.2) is 23.6 Å². The average molecular weight is 204 g/mol. The Balaban J connectivity index is 2.40. The SMILES string of the molecule is CC1(CO)C=Cc2cc(C=O)ccc2O1. The topological polar surface area (TPSA) is 46.5 Å². The minimum Gasteiger partial charge on any atom is -0.480 e. The van der Waals surface area contributed by atoms with Gasteiger partial charge in [0, 0.05) is 11.1 Å². The number of rotatable bonds is 2. The molecule has 0 aliphatic carbocycles. The van der Waals surface area contributed by atoms with E-state index in [4.69, 9.17) is 9.84 Å². The number of hydrogen-bond acceptors (Lipinski definition) is 3. The van der Waals surface area contributed by atoms with E-state index in [1.165, 1.54) is 0 Å². The van der Waals surface area contributed by atoms with Gasteiger partial charge in [-0.05, 0) is 31.2 Å². The van der Waals surface area contributed by atoms with Gasteiger partial charge in [-0.25, -0.2) is 0 Å². The van der Waals surface area contributed by atoms with Crippen molar-refractivity contribution in [2.45, 2.75) is 12.5 Å². The molecule has 0 amide bonds. The van der Waals surface area contributed by atoms with Crippen molar-refractivity contribution < 1.29 is 14.6 Å². The molecule has 1 aliphatic heterocycles. The van der Waals surface area contributed by atoms with Crippen molar-refractivity contribution in [3.05, 3.63) is 35.4 Å². The number of benzene rings is 1. The maximum Gasteiger partial charge on any atom is 0.150 e. The fourth-order valence-electron chi connectivity index (χ4n) is 1.50. The third-order valence-electron chi connectivity index (χ3n) is 2.44. The number of aliphatic hydroxyl groups excluding tert-OH is 1. The molecule has 0 aromatic heterocycles. The monoisotopic (exact) mass is 204 g/mol.